The molecule has 4 rings (SSSR count). The summed E-state index contributed by atoms with van der Waals surface area (Å²) in [6.45, 7) is 4.37. The van der Waals surface area contributed by atoms with Crippen LogP contribution in [0, 0.1) is 0 Å². The zero-order valence-corrected chi connectivity index (χ0v) is 17.1. The van der Waals surface area contributed by atoms with E-state index in [2.05, 4.69) is 10.3 Å². The van der Waals surface area contributed by atoms with Crippen molar-refractivity contribution in [1.82, 2.24) is 9.88 Å². The van der Waals surface area contributed by atoms with Crippen molar-refractivity contribution in [2.75, 3.05) is 49.8 Å². The quantitative estimate of drug-likeness (QED) is 0.742. The Balaban J connectivity index is 1.34. The van der Waals surface area contributed by atoms with Gasteiger partial charge in [0, 0.05) is 44.1 Å². The van der Waals surface area contributed by atoms with Gasteiger partial charge in [-0.25, -0.2) is 14.6 Å². The molecule has 1 N–H and O–H groups in total. The number of carbonyl (C=O) groups is 2. The number of anilines is 2. The number of urea groups is 1. The number of hydrogen-bond donors (Lipinski definition) is 1. The monoisotopic (exact) mass is 432 g/mol. The molecule has 2 amide bonds. The zero-order chi connectivity index (χ0) is 21.1. The number of aromatic nitrogens is 1. The standard InChI is InChI=1S/C20H21ClN4O5/c1-2-28-19(26)13-9-15(21)18(22-11-13)24-5-7-25(8-6-24)20(27)23-14-3-4-16-17(10-14)30-12-29-16/h3-4,9-11H,2,5-8,12H2,1H3,(H,23,27). The van der Waals surface area contributed by atoms with E-state index in [0.29, 0.717) is 59.8 Å². The molecule has 0 aliphatic carbocycles. The van der Waals surface area contributed by atoms with Gasteiger partial charge in [0.15, 0.2) is 11.5 Å². The Morgan fingerprint density at radius 2 is 1.93 bits per heavy atom. The average molecular weight is 433 g/mol. The van der Waals surface area contributed by atoms with Gasteiger partial charge in [-0.2, -0.15) is 0 Å². The van der Waals surface area contributed by atoms with Crippen molar-refractivity contribution in [3.05, 3.63) is 41.0 Å². The van der Waals surface area contributed by atoms with Gasteiger partial charge in [0.2, 0.25) is 6.79 Å². The highest BCUT2D eigenvalue weighted by Crippen LogP contribution is 2.34. The molecule has 0 unspecified atom stereocenters. The first-order valence-electron chi connectivity index (χ1n) is 9.58. The number of hydrogen-bond acceptors (Lipinski definition) is 7. The number of piperazine rings is 1. The van der Waals surface area contributed by atoms with Crippen molar-refractivity contribution in [3.63, 3.8) is 0 Å². The molecule has 2 aromatic rings. The number of carbonyl (C=O) groups excluding carboxylic acids is 2. The van der Waals surface area contributed by atoms with Gasteiger partial charge in [-0.3, -0.25) is 0 Å². The second-order valence-corrected chi connectivity index (χ2v) is 7.13. The second kappa shape index (κ2) is 8.66. The summed E-state index contributed by atoms with van der Waals surface area (Å²) in [7, 11) is 0. The molecule has 0 saturated carbocycles. The minimum Gasteiger partial charge on any atom is -0.462 e. The van der Waals surface area contributed by atoms with Gasteiger partial charge in [0.1, 0.15) is 5.82 Å². The number of amides is 2. The van der Waals surface area contributed by atoms with Gasteiger partial charge < -0.3 is 29.3 Å². The van der Waals surface area contributed by atoms with Gasteiger partial charge in [0.05, 0.1) is 17.2 Å². The highest BCUT2D eigenvalue weighted by Gasteiger charge is 2.24. The summed E-state index contributed by atoms with van der Waals surface area (Å²) < 4.78 is 15.6. The van der Waals surface area contributed by atoms with Crippen molar-refractivity contribution >= 4 is 35.1 Å². The van der Waals surface area contributed by atoms with Crippen molar-refractivity contribution in [3.8, 4) is 11.5 Å². The molecule has 2 aliphatic heterocycles. The lowest BCUT2D eigenvalue weighted by atomic mass is 10.2. The summed E-state index contributed by atoms with van der Waals surface area (Å²) in [5, 5.41) is 3.25. The highest BCUT2D eigenvalue weighted by atomic mass is 35.5. The van der Waals surface area contributed by atoms with Crippen LogP contribution in [0.2, 0.25) is 5.02 Å². The normalized spacial score (nSPS) is 15.1. The van der Waals surface area contributed by atoms with E-state index < -0.39 is 5.97 Å². The molecule has 10 heteroatoms. The summed E-state index contributed by atoms with van der Waals surface area (Å²) in [4.78, 5) is 32.4. The van der Waals surface area contributed by atoms with Crippen LogP contribution < -0.4 is 19.7 Å². The first-order chi connectivity index (χ1) is 14.5. The van der Waals surface area contributed by atoms with Gasteiger partial charge in [0.25, 0.3) is 0 Å². The molecule has 2 aliphatic rings. The molecule has 1 aromatic heterocycles. The van der Waals surface area contributed by atoms with Gasteiger partial charge in [-0.1, -0.05) is 11.6 Å². The Kier molecular flexibility index (Phi) is 5.80. The van der Waals surface area contributed by atoms with Crippen LogP contribution in [0.3, 0.4) is 0 Å². The van der Waals surface area contributed by atoms with E-state index in [-0.39, 0.29) is 19.4 Å². The second-order valence-electron chi connectivity index (χ2n) is 6.72. The number of ether oxygens (including phenoxy) is 3. The summed E-state index contributed by atoms with van der Waals surface area (Å²) >= 11 is 6.33. The van der Waals surface area contributed by atoms with E-state index in [1.54, 1.807) is 36.1 Å². The fourth-order valence-electron chi connectivity index (χ4n) is 3.29. The Labute approximate surface area is 178 Å². The number of benzene rings is 1. The largest absolute Gasteiger partial charge is 0.462 e. The van der Waals surface area contributed by atoms with Crippen molar-refractivity contribution in [2.45, 2.75) is 6.92 Å². The first kappa shape index (κ1) is 20.1. The SMILES string of the molecule is CCOC(=O)c1cnc(N2CCN(C(=O)Nc3ccc4c(c3)OCO4)CC2)c(Cl)c1. The van der Waals surface area contributed by atoms with E-state index in [1.165, 1.54) is 6.20 Å². The molecule has 30 heavy (non-hydrogen) atoms. The van der Waals surface area contributed by atoms with E-state index >= 15 is 0 Å². The summed E-state index contributed by atoms with van der Waals surface area (Å²) in [5.74, 6) is 1.41. The Bertz CT molecular complexity index is 962. The van der Waals surface area contributed by atoms with Crippen LogP contribution in [0.25, 0.3) is 0 Å². The number of fused-ring (bicyclic) bond motifs is 1. The van der Waals surface area contributed by atoms with E-state index in [4.69, 9.17) is 25.8 Å². The molecule has 158 valence electrons. The lowest BCUT2D eigenvalue weighted by molar-refractivity contribution is 0.0526. The molecule has 1 fully saturated rings. The minimum absolute atomic E-state index is 0.187. The molecule has 0 spiro atoms. The first-order valence-corrected chi connectivity index (χ1v) is 9.96. The predicted molar refractivity (Wildman–Crippen MR) is 111 cm³/mol. The van der Waals surface area contributed by atoms with Gasteiger partial charge >= 0.3 is 12.0 Å². The summed E-state index contributed by atoms with van der Waals surface area (Å²) in [5.41, 5.74) is 0.957. The maximum absolute atomic E-state index is 12.6. The number of pyridine rings is 1. The van der Waals surface area contributed by atoms with Crippen molar-refractivity contribution < 1.29 is 23.8 Å². The van der Waals surface area contributed by atoms with Gasteiger partial charge in [-0.15, -0.1) is 0 Å². The Morgan fingerprint density at radius 1 is 1.17 bits per heavy atom. The smallest absolute Gasteiger partial charge is 0.339 e. The molecule has 0 radical (unpaired) electrons. The summed E-state index contributed by atoms with van der Waals surface area (Å²) in [6, 6.07) is 6.65. The molecule has 9 nitrogen and oxygen atoms in total. The zero-order valence-electron chi connectivity index (χ0n) is 16.4. The van der Waals surface area contributed by atoms with Gasteiger partial charge in [-0.05, 0) is 25.1 Å². The van der Waals surface area contributed by atoms with Crippen molar-refractivity contribution in [2.24, 2.45) is 0 Å². The fraction of sp³-hybridized carbons (Fsp3) is 0.350. The maximum atomic E-state index is 12.6. The summed E-state index contributed by atoms with van der Waals surface area (Å²) in [6.07, 6.45) is 1.46. The third kappa shape index (κ3) is 4.20. The lowest BCUT2D eigenvalue weighted by Crippen LogP contribution is -2.50. The van der Waals surface area contributed by atoms with Crippen LogP contribution in [0.15, 0.2) is 30.5 Å². The number of nitrogens with zero attached hydrogens (tertiary/aromatic N) is 3. The highest BCUT2D eigenvalue weighted by molar-refractivity contribution is 6.33. The molecule has 0 atom stereocenters. The number of esters is 1. The average Bonchev–Trinajstić information content (AvgIpc) is 3.22. The maximum Gasteiger partial charge on any atom is 0.339 e. The predicted octanol–water partition coefficient (Wildman–Crippen LogP) is 2.99. The van der Waals surface area contributed by atoms with Crippen LogP contribution >= 0.6 is 11.6 Å². The van der Waals surface area contributed by atoms with Crippen molar-refractivity contribution in [1.29, 1.82) is 0 Å². The molecular weight excluding hydrogens is 412 g/mol. The van der Waals surface area contributed by atoms with Crippen LogP contribution in [-0.2, 0) is 4.74 Å². The fourth-order valence-corrected chi connectivity index (χ4v) is 3.57. The Hall–Kier alpha value is -3.20. The minimum atomic E-state index is -0.455. The molecule has 3 heterocycles. The topological polar surface area (TPSA) is 93.2 Å². The molecule has 1 saturated heterocycles. The third-order valence-electron chi connectivity index (χ3n) is 4.82. The third-order valence-corrected chi connectivity index (χ3v) is 5.10. The molecule has 1 aromatic carbocycles. The lowest BCUT2D eigenvalue weighted by Gasteiger charge is -2.35. The van der Waals surface area contributed by atoms with E-state index in [9.17, 15) is 9.59 Å². The van der Waals surface area contributed by atoms with Crippen LogP contribution in [-0.4, -0.2) is 61.5 Å². The Morgan fingerprint density at radius 3 is 2.67 bits per heavy atom. The van der Waals surface area contributed by atoms with Crippen LogP contribution in [0.1, 0.15) is 17.3 Å². The number of nitrogens with one attached hydrogen (secondary N) is 1. The van der Waals surface area contributed by atoms with E-state index in [0.717, 1.165) is 0 Å². The van der Waals surface area contributed by atoms with Crippen LogP contribution in [0.5, 0.6) is 11.5 Å². The van der Waals surface area contributed by atoms with Crippen LogP contribution in [0.4, 0.5) is 16.3 Å². The number of halogens is 1. The molecular formula is C20H21ClN4O5. The molecule has 0 bridgehead atoms. The van der Waals surface area contributed by atoms with E-state index in [1.807, 2.05) is 4.90 Å². The number of rotatable bonds is 4.